The molecule has 2 fully saturated rings. The van der Waals surface area contributed by atoms with Crippen LogP contribution in [0.1, 0.15) is 25.7 Å². The molecule has 0 radical (unpaired) electrons. The van der Waals surface area contributed by atoms with E-state index in [9.17, 15) is 14.0 Å². The molecule has 42 heavy (non-hydrogen) atoms. The van der Waals surface area contributed by atoms with Crippen LogP contribution < -0.4 is 20.4 Å². The number of likely N-dealkylation sites (tertiary alicyclic amines) is 1. The number of hydrogen-bond donors (Lipinski definition) is 3. The Morgan fingerprint density at radius 2 is 1.88 bits per heavy atom. The number of aromatic amines is 1. The summed E-state index contributed by atoms with van der Waals surface area (Å²) in [5.41, 5.74) is 2.82. The molecule has 0 saturated carbocycles. The van der Waals surface area contributed by atoms with Crippen LogP contribution in [0.5, 0.6) is 0 Å². The molecule has 2 amide bonds. The highest BCUT2D eigenvalue weighted by Crippen LogP contribution is 2.34. The maximum atomic E-state index is 13.4. The lowest BCUT2D eigenvalue weighted by Crippen LogP contribution is -2.39. The van der Waals surface area contributed by atoms with Crippen molar-refractivity contribution in [3.8, 4) is 0 Å². The van der Waals surface area contributed by atoms with Gasteiger partial charge in [0.1, 0.15) is 11.6 Å². The number of fused-ring (bicyclic) bond motifs is 1. The monoisotopic (exact) mass is 572 g/mol. The van der Waals surface area contributed by atoms with E-state index in [-0.39, 0.29) is 11.7 Å². The lowest BCUT2D eigenvalue weighted by atomic mass is 10.2. The minimum absolute atomic E-state index is 0.116. The Labute approximate surface area is 242 Å². The molecule has 6 rings (SSSR count). The molecule has 2 aliphatic heterocycles. The number of nitrogens with zero attached hydrogens (tertiary/aromatic N) is 5. The van der Waals surface area contributed by atoms with Gasteiger partial charge in [-0.3, -0.25) is 19.7 Å². The van der Waals surface area contributed by atoms with E-state index < -0.39 is 12.3 Å². The van der Waals surface area contributed by atoms with Gasteiger partial charge in [0.05, 0.1) is 23.9 Å². The van der Waals surface area contributed by atoms with Crippen LogP contribution in [-0.2, 0) is 9.53 Å². The second kappa shape index (κ2) is 12.0. The predicted octanol–water partition coefficient (Wildman–Crippen LogP) is 5.07. The van der Waals surface area contributed by atoms with Crippen molar-refractivity contribution in [2.75, 3.05) is 53.7 Å². The summed E-state index contributed by atoms with van der Waals surface area (Å²) in [4.78, 5) is 36.3. The number of benzene rings is 2. The van der Waals surface area contributed by atoms with Gasteiger partial charge in [-0.15, -0.1) is 0 Å². The quantitative estimate of drug-likeness (QED) is 0.268. The van der Waals surface area contributed by atoms with Crippen LogP contribution in [-0.4, -0.2) is 71.5 Å². The van der Waals surface area contributed by atoms with Crippen molar-refractivity contribution in [3.05, 3.63) is 66.6 Å². The summed E-state index contributed by atoms with van der Waals surface area (Å²) in [6, 6.07) is 15.1. The first-order valence-electron chi connectivity index (χ1n) is 14.1. The van der Waals surface area contributed by atoms with Crippen molar-refractivity contribution in [1.29, 1.82) is 0 Å². The van der Waals surface area contributed by atoms with E-state index in [0.717, 1.165) is 48.9 Å². The third-order valence-electron chi connectivity index (χ3n) is 7.62. The number of ether oxygens (including phenoxy) is 1. The lowest BCUT2D eigenvalue weighted by molar-refractivity contribution is -0.117. The number of pyridine rings is 1. The molecule has 2 aromatic carbocycles. The van der Waals surface area contributed by atoms with E-state index >= 15 is 0 Å². The number of nitrogens with one attached hydrogen (secondary N) is 3. The Morgan fingerprint density at radius 1 is 1.07 bits per heavy atom. The van der Waals surface area contributed by atoms with Gasteiger partial charge in [0, 0.05) is 36.8 Å². The molecule has 4 heterocycles. The van der Waals surface area contributed by atoms with E-state index in [1.165, 1.54) is 29.2 Å². The van der Waals surface area contributed by atoms with Crippen molar-refractivity contribution in [2.24, 2.45) is 0 Å². The maximum Gasteiger partial charge on any atom is 0.415 e. The predicted molar refractivity (Wildman–Crippen MR) is 160 cm³/mol. The number of aromatic nitrogens is 3. The Bertz CT molecular complexity index is 1570. The maximum absolute atomic E-state index is 13.4. The van der Waals surface area contributed by atoms with Crippen LogP contribution >= 0.6 is 0 Å². The Hall–Kier alpha value is -4.71. The minimum Gasteiger partial charge on any atom is -0.425 e. The van der Waals surface area contributed by atoms with Crippen LogP contribution in [0.4, 0.5) is 37.9 Å². The summed E-state index contributed by atoms with van der Waals surface area (Å²) in [6.45, 7) is 2.72. The number of carbonyl (C=O) groups excluding carboxylic acids is 2. The van der Waals surface area contributed by atoms with E-state index in [4.69, 9.17) is 9.72 Å². The summed E-state index contributed by atoms with van der Waals surface area (Å²) in [7, 11) is 1.58. The van der Waals surface area contributed by atoms with Gasteiger partial charge in [-0.2, -0.15) is 5.10 Å². The van der Waals surface area contributed by atoms with Gasteiger partial charge in [-0.1, -0.05) is 0 Å². The average molecular weight is 573 g/mol. The summed E-state index contributed by atoms with van der Waals surface area (Å²) >= 11 is 0. The molecule has 4 aromatic rings. The topological polar surface area (TPSA) is 119 Å². The molecule has 2 saturated heterocycles. The molecule has 0 unspecified atom stereocenters. The van der Waals surface area contributed by atoms with Crippen molar-refractivity contribution < 1.29 is 18.7 Å². The number of anilines is 5. The second-order valence-electron chi connectivity index (χ2n) is 10.6. The molecule has 0 aliphatic carbocycles. The van der Waals surface area contributed by atoms with Crippen molar-refractivity contribution >= 4 is 51.6 Å². The van der Waals surface area contributed by atoms with Gasteiger partial charge in [-0.25, -0.2) is 14.2 Å². The van der Waals surface area contributed by atoms with Crippen LogP contribution in [0, 0.1) is 5.82 Å². The van der Waals surface area contributed by atoms with Gasteiger partial charge in [-0.05, 0) is 86.9 Å². The molecular formula is C30H33FN8O3. The second-order valence-corrected chi connectivity index (χ2v) is 10.6. The molecular weight excluding hydrogens is 539 g/mol. The first kappa shape index (κ1) is 27.5. The highest BCUT2D eigenvalue weighted by atomic mass is 19.1. The van der Waals surface area contributed by atoms with Gasteiger partial charge in [0.2, 0.25) is 5.91 Å². The van der Waals surface area contributed by atoms with Crippen molar-refractivity contribution in [3.63, 3.8) is 0 Å². The summed E-state index contributed by atoms with van der Waals surface area (Å²) < 4.78 is 19.3. The summed E-state index contributed by atoms with van der Waals surface area (Å²) in [6.07, 6.45) is 4.15. The standard InChI is InChI=1S/C30H33FN8O3/c1-37(23-9-6-21(31)7-10-23)30(41)42-28-5-4-16-39(28)29-25(34-27(40)19-38-14-2-3-15-38)12-13-26(35-29)33-22-8-11-24-20(17-22)18-32-36-24/h6-13,17-18,28H,2-5,14-16,19H2,1H3,(H,32,36)(H,33,35)(H,34,40)/t28-/m0/s1. The van der Waals surface area contributed by atoms with Crippen molar-refractivity contribution in [2.45, 2.75) is 31.9 Å². The van der Waals surface area contributed by atoms with Crippen LogP contribution in [0.2, 0.25) is 0 Å². The van der Waals surface area contributed by atoms with E-state index in [2.05, 4.69) is 25.7 Å². The zero-order valence-electron chi connectivity index (χ0n) is 23.3. The number of carbonyl (C=O) groups is 2. The molecule has 2 aromatic heterocycles. The molecule has 0 spiro atoms. The van der Waals surface area contributed by atoms with E-state index in [1.807, 2.05) is 35.2 Å². The SMILES string of the molecule is CN(C(=O)O[C@H]1CCCN1c1nc(Nc2ccc3[nH]ncc3c2)ccc1NC(=O)CN1CCCC1)c1ccc(F)cc1. The molecule has 3 N–H and O–H groups in total. The van der Waals surface area contributed by atoms with Gasteiger partial charge < -0.3 is 20.3 Å². The smallest absolute Gasteiger partial charge is 0.415 e. The largest absolute Gasteiger partial charge is 0.425 e. The number of hydrogen-bond acceptors (Lipinski definition) is 8. The molecule has 11 nitrogen and oxygen atoms in total. The molecule has 1 atom stereocenters. The normalized spacial score (nSPS) is 17.0. The van der Waals surface area contributed by atoms with Crippen molar-refractivity contribution in [1.82, 2.24) is 20.1 Å². The zero-order valence-corrected chi connectivity index (χ0v) is 23.3. The Morgan fingerprint density at radius 3 is 2.69 bits per heavy atom. The highest BCUT2D eigenvalue weighted by molar-refractivity contribution is 5.95. The van der Waals surface area contributed by atoms with E-state index in [1.54, 1.807) is 13.2 Å². The van der Waals surface area contributed by atoms with E-state index in [0.29, 0.717) is 42.5 Å². The fraction of sp³-hybridized carbons (Fsp3) is 0.333. The van der Waals surface area contributed by atoms with Crippen LogP contribution in [0.3, 0.4) is 0 Å². The number of rotatable bonds is 8. The van der Waals surface area contributed by atoms with Gasteiger partial charge in [0.25, 0.3) is 0 Å². The molecule has 0 bridgehead atoms. The molecule has 2 aliphatic rings. The Balaban J connectivity index is 1.24. The minimum atomic E-state index is -0.598. The van der Waals surface area contributed by atoms with Crippen LogP contribution in [0.25, 0.3) is 10.9 Å². The average Bonchev–Trinajstić information content (AvgIpc) is 3.76. The summed E-state index contributed by atoms with van der Waals surface area (Å²) in [5, 5.41) is 14.4. The first-order valence-corrected chi connectivity index (χ1v) is 14.1. The fourth-order valence-electron chi connectivity index (χ4n) is 5.40. The molecule has 12 heteroatoms. The van der Waals surface area contributed by atoms with Crippen LogP contribution in [0.15, 0.2) is 60.8 Å². The van der Waals surface area contributed by atoms with Gasteiger partial charge in [0.15, 0.2) is 12.0 Å². The summed E-state index contributed by atoms with van der Waals surface area (Å²) in [5.74, 6) is 0.589. The lowest BCUT2D eigenvalue weighted by Gasteiger charge is -2.29. The third-order valence-corrected chi connectivity index (χ3v) is 7.62. The number of halogens is 1. The molecule has 218 valence electrons. The first-order chi connectivity index (χ1) is 20.4. The van der Waals surface area contributed by atoms with Gasteiger partial charge >= 0.3 is 6.09 Å². The zero-order chi connectivity index (χ0) is 29.1. The number of H-pyrrole nitrogens is 1. The Kier molecular flexibility index (Phi) is 7.87. The third kappa shape index (κ3) is 6.13. The number of amides is 2. The fourth-order valence-corrected chi connectivity index (χ4v) is 5.40. The highest BCUT2D eigenvalue weighted by Gasteiger charge is 2.32.